The van der Waals surface area contributed by atoms with Crippen molar-refractivity contribution in [1.29, 1.82) is 0 Å². The van der Waals surface area contributed by atoms with E-state index in [9.17, 15) is 0 Å². The van der Waals surface area contributed by atoms with Gasteiger partial charge in [0.2, 0.25) is 0 Å². The maximum atomic E-state index is 15.1. The summed E-state index contributed by atoms with van der Waals surface area (Å²) in [6.07, 6.45) is 1.23. The second kappa shape index (κ2) is 9.22. The first-order chi connectivity index (χ1) is 17.5. The quantitative estimate of drug-likeness (QED) is 0.354. The number of aryl methyl sites for hydroxylation is 1. The van der Waals surface area contributed by atoms with Crippen LogP contribution in [0.2, 0.25) is 0 Å². The van der Waals surface area contributed by atoms with Gasteiger partial charge in [-0.15, -0.1) is 10.2 Å². The van der Waals surface area contributed by atoms with E-state index in [1.165, 1.54) is 29.5 Å². The maximum absolute atomic E-state index is 15.1. The molecule has 36 heavy (non-hydrogen) atoms. The highest BCUT2D eigenvalue weighted by molar-refractivity contribution is 7.17. The molecular formula is C27H24F2N4O2S. The second-order valence-corrected chi connectivity index (χ2v) is 9.97. The van der Waals surface area contributed by atoms with Crippen molar-refractivity contribution >= 4 is 17.0 Å². The van der Waals surface area contributed by atoms with Crippen LogP contribution in [-0.4, -0.2) is 33.2 Å². The molecule has 6 rings (SSSR count). The Kier molecular flexibility index (Phi) is 5.89. The first-order valence-corrected chi connectivity index (χ1v) is 12.7. The minimum absolute atomic E-state index is 0.108. The number of nitrogens with zero attached hydrogens (tertiary/aromatic N) is 4. The Morgan fingerprint density at radius 1 is 1.06 bits per heavy atom. The summed E-state index contributed by atoms with van der Waals surface area (Å²) in [5.41, 5.74) is 2.80. The molecule has 184 valence electrons. The highest BCUT2D eigenvalue weighted by Gasteiger charge is 2.35. The number of aromatic nitrogens is 3. The smallest absolute Gasteiger partial charge is 0.179 e. The van der Waals surface area contributed by atoms with Gasteiger partial charge in [-0.3, -0.25) is 9.56 Å². The number of rotatable bonds is 4. The molecule has 9 heteroatoms. The predicted octanol–water partition coefficient (Wildman–Crippen LogP) is 5.74. The van der Waals surface area contributed by atoms with Crippen LogP contribution in [0.15, 0.2) is 53.5 Å². The molecular weight excluding hydrogens is 482 g/mol. The summed E-state index contributed by atoms with van der Waals surface area (Å²) in [6.45, 7) is 4.61. The lowest BCUT2D eigenvalue weighted by molar-refractivity contribution is 0.00944. The van der Waals surface area contributed by atoms with E-state index in [1.54, 1.807) is 0 Å². The van der Waals surface area contributed by atoms with Gasteiger partial charge in [-0.1, -0.05) is 47.7 Å². The highest BCUT2D eigenvalue weighted by Crippen LogP contribution is 2.45. The van der Waals surface area contributed by atoms with Crippen molar-refractivity contribution in [3.63, 3.8) is 0 Å². The first kappa shape index (κ1) is 23.0. The Morgan fingerprint density at radius 3 is 2.61 bits per heavy atom. The van der Waals surface area contributed by atoms with Gasteiger partial charge in [0.1, 0.15) is 35.1 Å². The van der Waals surface area contributed by atoms with Crippen LogP contribution in [0.3, 0.4) is 0 Å². The van der Waals surface area contributed by atoms with Crippen LogP contribution >= 0.6 is 11.3 Å². The second-order valence-electron chi connectivity index (χ2n) is 9.01. The third kappa shape index (κ3) is 3.92. The highest BCUT2D eigenvalue weighted by atomic mass is 32.1. The molecule has 0 spiro atoms. The van der Waals surface area contributed by atoms with Gasteiger partial charge in [-0.2, -0.15) is 0 Å². The van der Waals surface area contributed by atoms with Crippen molar-refractivity contribution in [2.24, 2.45) is 4.99 Å². The van der Waals surface area contributed by atoms with Crippen LogP contribution < -0.4 is 4.74 Å². The number of hydrogen-bond acceptors (Lipinski definition) is 6. The van der Waals surface area contributed by atoms with Crippen LogP contribution in [-0.2, 0) is 17.8 Å². The average Bonchev–Trinajstić information content (AvgIpc) is 3.32. The van der Waals surface area contributed by atoms with Gasteiger partial charge in [0, 0.05) is 11.1 Å². The Hall–Kier alpha value is -3.43. The predicted molar refractivity (Wildman–Crippen MR) is 133 cm³/mol. The van der Waals surface area contributed by atoms with E-state index in [0.29, 0.717) is 48.3 Å². The molecule has 0 saturated heterocycles. The molecule has 0 saturated carbocycles. The van der Waals surface area contributed by atoms with E-state index < -0.39 is 17.7 Å². The number of halogens is 2. The fourth-order valence-electron chi connectivity index (χ4n) is 4.78. The SMILES string of the molecule is Cc1nnc2n1-c1sc3c(c1C(c1c(F)cccc1F)=N[C@H]2C)CCC(OCc1ccccc1)CO3. The van der Waals surface area contributed by atoms with Crippen LogP contribution in [0.5, 0.6) is 5.06 Å². The number of benzene rings is 2. The zero-order valence-corrected chi connectivity index (χ0v) is 20.7. The molecule has 2 aliphatic rings. The molecule has 6 nitrogen and oxygen atoms in total. The van der Waals surface area contributed by atoms with Gasteiger partial charge in [0.15, 0.2) is 10.9 Å². The number of thiophene rings is 1. The van der Waals surface area contributed by atoms with Gasteiger partial charge in [-0.25, -0.2) is 8.78 Å². The monoisotopic (exact) mass is 506 g/mol. The number of fused-ring (bicyclic) bond motifs is 5. The van der Waals surface area contributed by atoms with Crippen molar-refractivity contribution in [3.8, 4) is 10.1 Å². The molecule has 0 aliphatic carbocycles. The molecule has 0 N–H and O–H groups in total. The molecule has 2 aromatic heterocycles. The molecule has 0 radical (unpaired) electrons. The summed E-state index contributed by atoms with van der Waals surface area (Å²) in [7, 11) is 0. The summed E-state index contributed by atoms with van der Waals surface area (Å²) in [5.74, 6) is 0.00436. The van der Waals surface area contributed by atoms with E-state index in [4.69, 9.17) is 14.5 Å². The zero-order chi connectivity index (χ0) is 24.8. The molecule has 2 aliphatic heterocycles. The van der Waals surface area contributed by atoms with E-state index in [-0.39, 0.29) is 17.4 Å². The Bertz CT molecular complexity index is 1440. The minimum atomic E-state index is -0.653. The summed E-state index contributed by atoms with van der Waals surface area (Å²) in [6, 6.07) is 13.4. The van der Waals surface area contributed by atoms with Crippen molar-refractivity contribution in [2.75, 3.05) is 6.61 Å². The molecule has 1 unspecified atom stereocenters. The third-order valence-corrected chi connectivity index (χ3v) is 7.71. The number of ether oxygens (including phenoxy) is 2. The summed E-state index contributed by atoms with van der Waals surface area (Å²) >= 11 is 1.43. The van der Waals surface area contributed by atoms with E-state index in [0.717, 1.165) is 16.1 Å². The van der Waals surface area contributed by atoms with E-state index >= 15 is 8.78 Å². The van der Waals surface area contributed by atoms with Crippen molar-refractivity contribution in [1.82, 2.24) is 14.8 Å². The van der Waals surface area contributed by atoms with Crippen molar-refractivity contribution in [3.05, 3.63) is 94.1 Å². The van der Waals surface area contributed by atoms with E-state index in [2.05, 4.69) is 10.2 Å². The summed E-state index contributed by atoms with van der Waals surface area (Å²) < 4.78 is 44.5. The third-order valence-electron chi connectivity index (χ3n) is 6.58. The normalized spacial score (nSPS) is 18.8. The van der Waals surface area contributed by atoms with Gasteiger partial charge < -0.3 is 9.47 Å². The Morgan fingerprint density at radius 2 is 1.83 bits per heavy atom. The van der Waals surface area contributed by atoms with Crippen LogP contribution in [0.25, 0.3) is 5.00 Å². The van der Waals surface area contributed by atoms with Gasteiger partial charge in [0.05, 0.1) is 24.0 Å². The fraction of sp³-hybridized carbons (Fsp3) is 0.296. The maximum Gasteiger partial charge on any atom is 0.179 e. The Balaban J connectivity index is 1.42. The topological polar surface area (TPSA) is 61.5 Å². The van der Waals surface area contributed by atoms with Crippen molar-refractivity contribution in [2.45, 2.75) is 45.4 Å². The molecule has 4 aromatic rings. The standard InChI is InChI=1S/C27H24F2N4O2S/c1-15-25-32-31-16(2)33(25)26-22(24(30-15)23-20(28)9-6-10-21(23)29)19-12-11-18(14-35-27(19)36-26)34-13-17-7-4-3-5-8-17/h3-10,15,18H,11-14H2,1-2H3/t15-,18?/m0/s1. The molecule has 2 atom stereocenters. The molecule has 0 fully saturated rings. The Labute approximate surface area is 211 Å². The van der Waals surface area contributed by atoms with E-state index in [1.807, 2.05) is 48.7 Å². The molecule has 2 aromatic carbocycles. The lowest BCUT2D eigenvalue weighted by Gasteiger charge is -2.15. The lowest BCUT2D eigenvalue weighted by atomic mass is 9.96. The van der Waals surface area contributed by atoms with Gasteiger partial charge in [0.25, 0.3) is 0 Å². The average molecular weight is 507 g/mol. The minimum Gasteiger partial charge on any atom is -0.481 e. The molecule has 0 bridgehead atoms. The largest absolute Gasteiger partial charge is 0.481 e. The zero-order valence-electron chi connectivity index (χ0n) is 19.9. The first-order valence-electron chi connectivity index (χ1n) is 11.9. The fourth-order valence-corrected chi connectivity index (χ4v) is 6.05. The summed E-state index contributed by atoms with van der Waals surface area (Å²) in [5, 5.41) is 10.1. The van der Waals surface area contributed by atoms with Gasteiger partial charge in [-0.05, 0) is 44.4 Å². The van der Waals surface area contributed by atoms with Crippen LogP contribution in [0, 0.1) is 18.6 Å². The number of hydrogen-bond donors (Lipinski definition) is 0. The van der Waals surface area contributed by atoms with Crippen LogP contribution in [0.4, 0.5) is 8.78 Å². The summed E-state index contributed by atoms with van der Waals surface area (Å²) in [4.78, 5) is 4.80. The lowest BCUT2D eigenvalue weighted by Crippen LogP contribution is -2.20. The number of aliphatic imine (C=N–C) groups is 1. The van der Waals surface area contributed by atoms with Gasteiger partial charge >= 0.3 is 0 Å². The molecule has 4 heterocycles. The van der Waals surface area contributed by atoms with Crippen molar-refractivity contribution < 1.29 is 18.3 Å². The molecule has 0 amide bonds. The van der Waals surface area contributed by atoms with Crippen LogP contribution in [0.1, 0.15) is 53.3 Å².